The normalized spacial score (nSPS) is 10.3. The minimum atomic E-state index is -1.27. The lowest BCUT2D eigenvalue weighted by molar-refractivity contribution is 0.0744. The van der Waals surface area contributed by atoms with E-state index in [2.05, 4.69) is 9.97 Å². The maximum Gasteiger partial charge on any atom is 0.257 e. The number of rotatable bonds is 4. The zero-order valence-electron chi connectivity index (χ0n) is 10.9. The molecular weight excluding hydrogens is 264 g/mol. The minimum absolute atomic E-state index is 0.236. The summed E-state index contributed by atoms with van der Waals surface area (Å²) in [6.07, 6.45) is 2.68. The van der Waals surface area contributed by atoms with E-state index >= 15 is 0 Å². The highest BCUT2D eigenvalue weighted by molar-refractivity contribution is 5.94. The van der Waals surface area contributed by atoms with E-state index in [-0.39, 0.29) is 12.1 Å². The third-order valence-electron chi connectivity index (χ3n) is 2.83. The SMILES string of the molecule is CCN(Cc1ccccn1)C(=O)c1ccnc(F)c1F. The molecule has 0 unspecified atom stereocenters. The number of carbonyl (C=O) groups excluding carboxylic acids is 1. The molecule has 0 aromatic carbocycles. The molecule has 0 N–H and O–H groups in total. The van der Waals surface area contributed by atoms with Gasteiger partial charge in [0.25, 0.3) is 5.91 Å². The van der Waals surface area contributed by atoms with Crippen LogP contribution in [0, 0.1) is 11.8 Å². The lowest BCUT2D eigenvalue weighted by atomic mass is 10.2. The van der Waals surface area contributed by atoms with Crippen molar-refractivity contribution in [3.8, 4) is 0 Å². The number of hydrogen-bond acceptors (Lipinski definition) is 3. The van der Waals surface area contributed by atoms with E-state index in [0.29, 0.717) is 12.2 Å². The fourth-order valence-electron chi connectivity index (χ4n) is 1.77. The van der Waals surface area contributed by atoms with Crippen LogP contribution in [0.5, 0.6) is 0 Å². The van der Waals surface area contributed by atoms with Gasteiger partial charge in [-0.2, -0.15) is 4.39 Å². The smallest absolute Gasteiger partial charge is 0.257 e. The summed E-state index contributed by atoms with van der Waals surface area (Å²) in [5, 5.41) is 0. The lowest BCUT2D eigenvalue weighted by Gasteiger charge is -2.20. The Morgan fingerprint density at radius 2 is 2.00 bits per heavy atom. The third kappa shape index (κ3) is 2.96. The van der Waals surface area contributed by atoms with Gasteiger partial charge in [-0.25, -0.2) is 9.37 Å². The molecule has 0 aliphatic rings. The summed E-state index contributed by atoms with van der Waals surface area (Å²) in [6.45, 7) is 2.36. The van der Waals surface area contributed by atoms with E-state index in [1.807, 2.05) is 0 Å². The van der Waals surface area contributed by atoms with Gasteiger partial charge in [0.05, 0.1) is 17.8 Å². The van der Waals surface area contributed by atoms with E-state index in [4.69, 9.17) is 0 Å². The molecule has 6 heteroatoms. The molecule has 0 fully saturated rings. The molecule has 0 saturated carbocycles. The van der Waals surface area contributed by atoms with Crippen LogP contribution in [0.4, 0.5) is 8.78 Å². The van der Waals surface area contributed by atoms with E-state index in [9.17, 15) is 13.6 Å². The Labute approximate surface area is 115 Å². The molecule has 2 rings (SSSR count). The summed E-state index contributed by atoms with van der Waals surface area (Å²) >= 11 is 0. The van der Waals surface area contributed by atoms with Crippen LogP contribution >= 0.6 is 0 Å². The molecule has 2 aromatic heterocycles. The summed E-state index contributed by atoms with van der Waals surface area (Å²) in [5.41, 5.74) is 0.355. The van der Waals surface area contributed by atoms with Crippen LogP contribution in [-0.2, 0) is 6.54 Å². The predicted molar refractivity (Wildman–Crippen MR) is 68.8 cm³/mol. The first-order valence-electron chi connectivity index (χ1n) is 6.12. The summed E-state index contributed by atoms with van der Waals surface area (Å²) in [6, 6.07) is 6.49. The van der Waals surface area contributed by atoms with Crippen LogP contribution in [0.1, 0.15) is 23.0 Å². The molecule has 0 bridgehead atoms. The van der Waals surface area contributed by atoms with Crippen LogP contribution in [0.2, 0.25) is 0 Å². The van der Waals surface area contributed by atoms with E-state index < -0.39 is 17.7 Å². The maximum absolute atomic E-state index is 13.6. The van der Waals surface area contributed by atoms with Crippen molar-refractivity contribution in [2.24, 2.45) is 0 Å². The molecule has 2 heterocycles. The molecule has 0 aliphatic heterocycles. The second kappa shape index (κ2) is 6.18. The van der Waals surface area contributed by atoms with Crippen LogP contribution in [0.25, 0.3) is 0 Å². The predicted octanol–water partition coefficient (Wildman–Crippen LogP) is 2.42. The summed E-state index contributed by atoms with van der Waals surface area (Å²) in [4.78, 5) is 20.9. The second-order valence-corrected chi connectivity index (χ2v) is 4.10. The summed E-state index contributed by atoms with van der Waals surface area (Å²) < 4.78 is 26.7. The molecule has 0 radical (unpaired) electrons. The molecular formula is C14H13F2N3O. The van der Waals surface area contributed by atoms with Gasteiger partial charge >= 0.3 is 0 Å². The first-order valence-corrected chi connectivity index (χ1v) is 6.12. The Morgan fingerprint density at radius 1 is 1.20 bits per heavy atom. The lowest BCUT2D eigenvalue weighted by Crippen LogP contribution is -2.31. The number of nitrogens with zero attached hydrogens (tertiary/aromatic N) is 3. The van der Waals surface area contributed by atoms with Crippen LogP contribution in [0.15, 0.2) is 36.7 Å². The number of amides is 1. The van der Waals surface area contributed by atoms with Crippen LogP contribution < -0.4 is 0 Å². The minimum Gasteiger partial charge on any atom is -0.333 e. The average molecular weight is 277 g/mol. The van der Waals surface area contributed by atoms with Crippen molar-refractivity contribution in [2.45, 2.75) is 13.5 Å². The molecule has 104 valence electrons. The van der Waals surface area contributed by atoms with Crippen molar-refractivity contribution >= 4 is 5.91 Å². The number of pyridine rings is 2. The molecule has 20 heavy (non-hydrogen) atoms. The Morgan fingerprint density at radius 3 is 2.65 bits per heavy atom. The first kappa shape index (κ1) is 14.0. The molecule has 0 saturated heterocycles. The van der Waals surface area contributed by atoms with Gasteiger partial charge in [-0.1, -0.05) is 6.07 Å². The van der Waals surface area contributed by atoms with Gasteiger partial charge in [0.1, 0.15) is 0 Å². The Hall–Kier alpha value is -2.37. The first-order chi connectivity index (χ1) is 9.63. The van der Waals surface area contributed by atoms with Crippen molar-refractivity contribution in [1.82, 2.24) is 14.9 Å². The zero-order chi connectivity index (χ0) is 14.5. The quantitative estimate of drug-likeness (QED) is 0.806. The van der Waals surface area contributed by atoms with E-state index in [1.165, 1.54) is 11.0 Å². The topological polar surface area (TPSA) is 46.1 Å². The van der Waals surface area contributed by atoms with Gasteiger partial charge in [0.15, 0.2) is 5.82 Å². The summed E-state index contributed by atoms with van der Waals surface area (Å²) in [7, 11) is 0. The van der Waals surface area contributed by atoms with E-state index in [0.717, 1.165) is 6.20 Å². The highest BCUT2D eigenvalue weighted by Crippen LogP contribution is 2.13. The van der Waals surface area contributed by atoms with Gasteiger partial charge in [0, 0.05) is 18.9 Å². The number of aromatic nitrogens is 2. The largest absolute Gasteiger partial charge is 0.333 e. The van der Waals surface area contributed by atoms with Crippen molar-refractivity contribution in [3.05, 3.63) is 59.7 Å². The van der Waals surface area contributed by atoms with Gasteiger partial charge in [-0.3, -0.25) is 9.78 Å². The highest BCUT2D eigenvalue weighted by atomic mass is 19.2. The van der Waals surface area contributed by atoms with Crippen LogP contribution in [0.3, 0.4) is 0 Å². The number of carbonyl (C=O) groups is 1. The number of halogens is 2. The van der Waals surface area contributed by atoms with Crippen molar-refractivity contribution in [1.29, 1.82) is 0 Å². The standard InChI is InChI=1S/C14H13F2N3O/c1-2-19(9-10-5-3-4-7-17-10)14(20)11-6-8-18-13(16)12(11)15/h3-8H,2,9H2,1H3. The second-order valence-electron chi connectivity index (χ2n) is 4.10. The Balaban J connectivity index is 2.23. The number of hydrogen-bond donors (Lipinski definition) is 0. The highest BCUT2D eigenvalue weighted by Gasteiger charge is 2.21. The van der Waals surface area contributed by atoms with Gasteiger partial charge in [0.2, 0.25) is 5.95 Å². The molecule has 0 spiro atoms. The van der Waals surface area contributed by atoms with Gasteiger partial charge in [-0.05, 0) is 25.1 Å². The monoisotopic (exact) mass is 277 g/mol. The fraction of sp³-hybridized carbons (Fsp3) is 0.214. The zero-order valence-corrected chi connectivity index (χ0v) is 10.9. The molecule has 4 nitrogen and oxygen atoms in total. The van der Waals surface area contributed by atoms with Crippen molar-refractivity contribution in [2.75, 3.05) is 6.54 Å². The molecule has 0 atom stereocenters. The fourth-order valence-corrected chi connectivity index (χ4v) is 1.77. The Kier molecular flexibility index (Phi) is 4.34. The third-order valence-corrected chi connectivity index (χ3v) is 2.83. The molecule has 0 aliphatic carbocycles. The Bertz CT molecular complexity index is 605. The van der Waals surface area contributed by atoms with Gasteiger partial charge in [-0.15, -0.1) is 0 Å². The van der Waals surface area contributed by atoms with E-state index in [1.54, 1.807) is 31.3 Å². The molecule has 1 amide bonds. The maximum atomic E-state index is 13.6. The van der Waals surface area contributed by atoms with Crippen molar-refractivity contribution < 1.29 is 13.6 Å². The average Bonchev–Trinajstić information content (AvgIpc) is 2.48. The van der Waals surface area contributed by atoms with Gasteiger partial charge < -0.3 is 4.90 Å². The van der Waals surface area contributed by atoms with Crippen LogP contribution in [-0.4, -0.2) is 27.3 Å². The summed E-state index contributed by atoms with van der Waals surface area (Å²) in [5.74, 6) is -3.08. The van der Waals surface area contributed by atoms with Crippen molar-refractivity contribution in [3.63, 3.8) is 0 Å². The molecule has 2 aromatic rings.